The van der Waals surface area contributed by atoms with Gasteiger partial charge in [0.1, 0.15) is 19.3 Å². The molecule has 0 N–H and O–H groups in total. The van der Waals surface area contributed by atoms with Gasteiger partial charge < -0.3 is 19.1 Å². The maximum atomic E-state index is 6.41. The van der Waals surface area contributed by atoms with Crippen LogP contribution >= 0.6 is 0 Å². The summed E-state index contributed by atoms with van der Waals surface area (Å²) in [4.78, 5) is 7.06. The maximum Gasteiger partial charge on any atom is 0.260 e. The van der Waals surface area contributed by atoms with Gasteiger partial charge in [-0.2, -0.15) is 4.98 Å². The van der Waals surface area contributed by atoms with Crippen LogP contribution in [0.15, 0.2) is 103 Å². The summed E-state index contributed by atoms with van der Waals surface area (Å²) in [5.74, 6) is 1.64. The summed E-state index contributed by atoms with van der Waals surface area (Å²) in [5.41, 5.74) is 3.43. The Labute approximate surface area is 206 Å². The van der Waals surface area contributed by atoms with Crippen molar-refractivity contribution in [3.63, 3.8) is 0 Å². The lowest BCUT2D eigenvalue weighted by molar-refractivity contribution is 0.157. The molecule has 5 rings (SSSR count). The van der Waals surface area contributed by atoms with E-state index < -0.39 is 0 Å². The molecule has 0 aliphatic carbocycles. The van der Waals surface area contributed by atoms with Crippen molar-refractivity contribution in [1.82, 2.24) is 4.98 Å². The third kappa shape index (κ3) is 6.33. The fourth-order valence-electron chi connectivity index (χ4n) is 4.19. The van der Waals surface area contributed by atoms with Gasteiger partial charge in [0.2, 0.25) is 5.88 Å². The predicted molar refractivity (Wildman–Crippen MR) is 138 cm³/mol. The van der Waals surface area contributed by atoms with Crippen LogP contribution in [-0.4, -0.2) is 24.2 Å². The van der Waals surface area contributed by atoms with Crippen molar-refractivity contribution >= 4 is 5.69 Å². The van der Waals surface area contributed by atoms with E-state index in [9.17, 15) is 0 Å². The van der Waals surface area contributed by atoms with Gasteiger partial charge in [-0.3, -0.25) is 0 Å². The van der Waals surface area contributed by atoms with Crippen LogP contribution in [0.3, 0.4) is 0 Å². The Bertz CT molecular complexity index is 1180. The number of para-hydroxylation sites is 1. The number of hydrogen-bond acceptors (Lipinski definition) is 5. The number of rotatable bonds is 9. The van der Waals surface area contributed by atoms with Crippen LogP contribution in [-0.2, 0) is 13.2 Å². The molecular weight excluding hydrogens is 436 g/mol. The first-order valence-corrected chi connectivity index (χ1v) is 12.1. The highest BCUT2D eigenvalue weighted by atomic mass is 16.5. The number of anilines is 1. The van der Waals surface area contributed by atoms with Gasteiger partial charge in [-0.1, -0.05) is 78.9 Å². The first-order chi connectivity index (χ1) is 17.3. The van der Waals surface area contributed by atoms with Gasteiger partial charge in [-0.05, 0) is 29.3 Å². The largest absolute Gasteiger partial charge is 0.485 e. The number of piperidine rings is 1. The zero-order valence-corrected chi connectivity index (χ0v) is 19.8. The van der Waals surface area contributed by atoms with Crippen LogP contribution in [0.4, 0.5) is 5.69 Å². The minimum atomic E-state index is 0.118. The highest BCUT2D eigenvalue weighted by molar-refractivity contribution is 5.46. The molecule has 1 saturated heterocycles. The van der Waals surface area contributed by atoms with E-state index in [-0.39, 0.29) is 6.10 Å². The Balaban J connectivity index is 1.26. The van der Waals surface area contributed by atoms with Crippen LogP contribution in [0.1, 0.15) is 24.0 Å². The van der Waals surface area contributed by atoms with Crippen molar-refractivity contribution in [1.29, 1.82) is 0 Å². The van der Waals surface area contributed by atoms with Gasteiger partial charge in [0.25, 0.3) is 5.88 Å². The number of ether oxygens (including phenoxy) is 3. The van der Waals surface area contributed by atoms with Gasteiger partial charge in [-0.25, -0.2) is 0 Å². The summed E-state index contributed by atoms with van der Waals surface area (Å²) < 4.78 is 18.5. The van der Waals surface area contributed by atoms with Gasteiger partial charge in [0.15, 0.2) is 5.75 Å². The Kier molecular flexibility index (Phi) is 7.44. The molecule has 0 unspecified atom stereocenters. The quantitative estimate of drug-likeness (QED) is 0.290. The zero-order valence-electron chi connectivity index (χ0n) is 19.8. The number of aromatic nitrogens is 1. The molecule has 0 atom stereocenters. The summed E-state index contributed by atoms with van der Waals surface area (Å²) in [5, 5.41) is 0. The smallest absolute Gasteiger partial charge is 0.260 e. The molecule has 0 amide bonds. The molecule has 0 saturated carbocycles. The Morgan fingerprint density at radius 3 is 1.86 bits per heavy atom. The summed E-state index contributed by atoms with van der Waals surface area (Å²) >= 11 is 0. The van der Waals surface area contributed by atoms with E-state index in [0.29, 0.717) is 30.7 Å². The molecule has 0 bridgehead atoms. The molecule has 3 aromatic carbocycles. The van der Waals surface area contributed by atoms with E-state index >= 15 is 0 Å². The molecule has 1 fully saturated rings. The molecule has 1 aromatic heterocycles. The fraction of sp³-hybridized carbons (Fsp3) is 0.233. The molecule has 178 valence electrons. The predicted octanol–water partition coefficient (Wildman–Crippen LogP) is 6.29. The lowest BCUT2D eigenvalue weighted by Crippen LogP contribution is -2.38. The normalized spacial score (nSPS) is 13.9. The first-order valence-electron chi connectivity index (χ1n) is 12.1. The average molecular weight is 467 g/mol. The highest BCUT2D eigenvalue weighted by Gasteiger charge is 2.22. The number of benzene rings is 3. The van der Waals surface area contributed by atoms with Gasteiger partial charge in [-0.15, -0.1) is 0 Å². The van der Waals surface area contributed by atoms with E-state index in [1.54, 1.807) is 0 Å². The third-order valence-electron chi connectivity index (χ3n) is 6.10. The topological polar surface area (TPSA) is 43.8 Å². The van der Waals surface area contributed by atoms with Crippen LogP contribution in [0.25, 0.3) is 0 Å². The molecular formula is C30H30N2O3. The fourth-order valence-corrected chi connectivity index (χ4v) is 4.19. The van der Waals surface area contributed by atoms with Crippen LogP contribution in [0, 0.1) is 0 Å². The van der Waals surface area contributed by atoms with E-state index in [4.69, 9.17) is 14.2 Å². The number of hydrogen-bond donors (Lipinski definition) is 0. The molecule has 5 heteroatoms. The van der Waals surface area contributed by atoms with Crippen molar-refractivity contribution in [2.24, 2.45) is 0 Å². The zero-order chi connectivity index (χ0) is 23.7. The van der Waals surface area contributed by atoms with Gasteiger partial charge in [0.05, 0.1) is 0 Å². The summed E-state index contributed by atoms with van der Waals surface area (Å²) in [6, 6.07) is 34.5. The Morgan fingerprint density at radius 1 is 0.657 bits per heavy atom. The molecule has 1 aliphatic rings. The molecule has 35 heavy (non-hydrogen) atoms. The summed E-state index contributed by atoms with van der Waals surface area (Å²) in [6.07, 6.45) is 2.00. The number of pyridine rings is 1. The lowest BCUT2D eigenvalue weighted by Gasteiger charge is -2.33. The van der Waals surface area contributed by atoms with Crippen molar-refractivity contribution in [3.8, 4) is 17.5 Å². The Morgan fingerprint density at radius 2 is 1.23 bits per heavy atom. The van der Waals surface area contributed by atoms with Gasteiger partial charge >= 0.3 is 0 Å². The van der Waals surface area contributed by atoms with Crippen LogP contribution in [0.5, 0.6) is 17.5 Å². The first kappa shape index (κ1) is 22.8. The summed E-state index contributed by atoms with van der Waals surface area (Å²) in [6.45, 7) is 2.78. The van der Waals surface area contributed by atoms with Crippen molar-refractivity contribution < 1.29 is 14.2 Å². The monoisotopic (exact) mass is 466 g/mol. The van der Waals surface area contributed by atoms with Crippen molar-refractivity contribution in [2.45, 2.75) is 32.2 Å². The third-order valence-corrected chi connectivity index (χ3v) is 6.10. The maximum absolute atomic E-state index is 6.41. The van der Waals surface area contributed by atoms with Crippen LogP contribution in [0.2, 0.25) is 0 Å². The molecule has 4 aromatic rings. The SMILES string of the molecule is c1ccc(COc2ccc(OC3CCN(c4ccccc4)CC3)c(OCc3ccccc3)n2)cc1. The van der Waals surface area contributed by atoms with Crippen molar-refractivity contribution in [2.75, 3.05) is 18.0 Å². The molecule has 0 radical (unpaired) electrons. The van der Waals surface area contributed by atoms with Crippen LogP contribution < -0.4 is 19.1 Å². The second-order valence-electron chi connectivity index (χ2n) is 8.64. The highest BCUT2D eigenvalue weighted by Crippen LogP contribution is 2.32. The molecule has 0 spiro atoms. The second-order valence-corrected chi connectivity index (χ2v) is 8.64. The van der Waals surface area contributed by atoms with E-state index in [2.05, 4.69) is 40.2 Å². The van der Waals surface area contributed by atoms with E-state index in [1.807, 2.05) is 72.8 Å². The number of nitrogens with zero attached hydrogens (tertiary/aromatic N) is 2. The second kappa shape index (κ2) is 11.4. The molecule has 1 aliphatic heterocycles. The minimum absolute atomic E-state index is 0.118. The molecule has 2 heterocycles. The summed E-state index contributed by atoms with van der Waals surface area (Å²) in [7, 11) is 0. The standard InChI is InChI=1S/C30H30N2O3/c1-4-10-24(11-5-1)22-33-29-17-16-28(30(31-29)34-23-25-12-6-2-7-13-25)35-27-18-20-32(21-19-27)26-14-8-3-9-15-26/h1-17,27H,18-23H2. The van der Waals surface area contributed by atoms with E-state index in [1.165, 1.54) is 5.69 Å². The van der Waals surface area contributed by atoms with Crippen molar-refractivity contribution in [3.05, 3.63) is 114 Å². The average Bonchev–Trinajstić information content (AvgIpc) is 2.94. The van der Waals surface area contributed by atoms with E-state index in [0.717, 1.165) is 37.1 Å². The molecule has 5 nitrogen and oxygen atoms in total. The Hall–Kier alpha value is -3.99. The minimum Gasteiger partial charge on any atom is -0.485 e. The lowest BCUT2D eigenvalue weighted by atomic mass is 10.1. The van der Waals surface area contributed by atoms with Gasteiger partial charge in [0, 0.05) is 37.7 Å².